The van der Waals surface area contributed by atoms with E-state index >= 15 is 4.39 Å². The van der Waals surface area contributed by atoms with Crippen LogP contribution in [0.25, 0.3) is 10.8 Å². The van der Waals surface area contributed by atoms with Crippen LogP contribution in [0.1, 0.15) is 66.0 Å². The fraction of sp³-hybridized carbons (Fsp3) is 0.242. The van der Waals surface area contributed by atoms with E-state index in [-0.39, 0.29) is 5.82 Å². The number of aryl methyl sites for hydroxylation is 3. The quantitative estimate of drug-likeness (QED) is 0.193. The fourth-order valence-corrected chi connectivity index (χ4v) is 4.28. The van der Waals surface area contributed by atoms with Crippen molar-refractivity contribution < 1.29 is 4.39 Å². The second-order valence-electron chi connectivity index (χ2n) is 9.05. The zero-order valence-electron chi connectivity index (χ0n) is 20.3. The van der Waals surface area contributed by atoms with Crippen LogP contribution in [-0.4, -0.2) is 0 Å². The highest BCUT2D eigenvalue weighted by Crippen LogP contribution is 2.23. The summed E-state index contributed by atoms with van der Waals surface area (Å²) in [6.45, 7) is 2.24. The number of hydrogen-bond acceptors (Lipinski definition) is 1. The molecule has 0 N–H and O–H groups in total. The molecular weight excluding hydrogens is 429 g/mol. The third kappa shape index (κ3) is 6.59. The summed E-state index contributed by atoms with van der Waals surface area (Å²) < 4.78 is 15.1. The maximum Gasteiger partial charge on any atom is 0.146 e. The number of benzene rings is 4. The number of unbranched alkanes of at least 4 members (excludes halogenated alkanes) is 3. The molecule has 35 heavy (non-hydrogen) atoms. The van der Waals surface area contributed by atoms with Gasteiger partial charge in [0.25, 0.3) is 0 Å². The standard InChI is InChI=1S/C33H30FN/c1-2-3-4-5-6-25-7-9-26(10-8-25)11-14-28-18-22-32-31(23-28)21-20-30(33(32)34)19-17-27-12-15-29(24-35)16-13-27/h7-10,12-13,15-16,18,20-23H,2-6,11,14H2,1H3. The maximum absolute atomic E-state index is 15.1. The lowest BCUT2D eigenvalue weighted by Gasteiger charge is -2.07. The van der Waals surface area contributed by atoms with Crippen molar-refractivity contribution in [2.45, 2.75) is 51.9 Å². The van der Waals surface area contributed by atoms with Gasteiger partial charge in [-0.15, -0.1) is 0 Å². The number of nitrogens with zero attached hydrogens (tertiary/aromatic N) is 1. The topological polar surface area (TPSA) is 23.8 Å². The molecule has 4 aromatic carbocycles. The van der Waals surface area contributed by atoms with E-state index < -0.39 is 0 Å². The molecule has 0 atom stereocenters. The normalized spacial score (nSPS) is 10.5. The minimum absolute atomic E-state index is 0.287. The van der Waals surface area contributed by atoms with Crippen molar-refractivity contribution in [2.75, 3.05) is 0 Å². The molecule has 0 aliphatic rings. The minimum atomic E-state index is -0.287. The van der Waals surface area contributed by atoms with Crippen LogP contribution < -0.4 is 0 Å². The van der Waals surface area contributed by atoms with E-state index in [1.165, 1.54) is 42.4 Å². The molecule has 1 nitrogen and oxygen atoms in total. The molecule has 0 aliphatic carbocycles. The average molecular weight is 460 g/mol. The first-order valence-electron chi connectivity index (χ1n) is 12.5. The van der Waals surface area contributed by atoms with Gasteiger partial charge in [-0.2, -0.15) is 5.26 Å². The highest BCUT2D eigenvalue weighted by molar-refractivity contribution is 5.85. The molecule has 0 amide bonds. The number of fused-ring (bicyclic) bond motifs is 1. The molecule has 0 bridgehead atoms. The second kappa shape index (κ2) is 12.0. The van der Waals surface area contributed by atoms with Crippen molar-refractivity contribution in [1.82, 2.24) is 0 Å². The van der Waals surface area contributed by atoms with Crippen molar-refractivity contribution in [3.63, 3.8) is 0 Å². The van der Waals surface area contributed by atoms with Gasteiger partial charge in [0.2, 0.25) is 0 Å². The zero-order valence-corrected chi connectivity index (χ0v) is 20.3. The van der Waals surface area contributed by atoms with Crippen LogP contribution in [0.3, 0.4) is 0 Å². The third-order valence-electron chi connectivity index (χ3n) is 6.42. The molecule has 0 fully saturated rings. The Morgan fingerprint density at radius 1 is 0.657 bits per heavy atom. The van der Waals surface area contributed by atoms with E-state index in [0.29, 0.717) is 16.5 Å². The molecule has 4 rings (SSSR count). The molecule has 0 spiro atoms. The first-order chi connectivity index (χ1) is 17.2. The maximum atomic E-state index is 15.1. The first-order valence-corrected chi connectivity index (χ1v) is 12.5. The number of halogens is 1. The van der Waals surface area contributed by atoms with E-state index in [2.05, 4.69) is 55.2 Å². The summed E-state index contributed by atoms with van der Waals surface area (Å²) in [6.07, 6.45) is 8.23. The predicted molar refractivity (Wildman–Crippen MR) is 143 cm³/mol. The fourth-order valence-electron chi connectivity index (χ4n) is 4.28. The Kier molecular flexibility index (Phi) is 8.32. The number of nitriles is 1. The minimum Gasteiger partial charge on any atom is -0.205 e. The summed E-state index contributed by atoms with van der Waals surface area (Å²) in [5, 5.41) is 10.4. The molecular formula is C33H30FN. The van der Waals surface area contributed by atoms with Gasteiger partial charge in [-0.25, -0.2) is 4.39 Å². The van der Waals surface area contributed by atoms with Crippen molar-refractivity contribution >= 4 is 10.8 Å². The van der Waals surface area contributed by atoms with Crippen molar-refractivity contribution in [2.24, 2.45) is 0 Å². The van der Waals surface area contributed by atoms with E-state index in [0.717, 1.165) is 30.2 Å². The lowest BCUT2D eigenvalue weighted by molar-refractivity contribution is 0.636. The van der Waals surface area contributed by atoms with Gasteiger partial charge in [0, 0.05) is 10.9 Å². The molecule has 174 valence electrons. The molecule has 0 radical (unpaired) electrons. The summed E-state index contributed by atoms with van der Waals surface area (Å²) in [7, 11) is 0. The summed E-state index contributed by atoms with van der Waals surface area (Å²) in [5.41, 5.74) is 5.67. The van der Waals surface area contributed by atoms with Gasteiger partial charge in [-0.1, -0.05) is 86.6 Å². The monoisotopic (exact) mass is 459 g/mol. The SMILES string of the molecule is CCCCCCc1ccc(CCc2ccc3c(F)c(C#Cc4ccc(C#N)cc4)ccc3c2)cc1. The van der Waals surface area contributed by atoms with Gasteiger partial charge >= 0.3 is 0 Å². The Morgan fingerprint density at radius 2 is 1.31 bits per heavy atom. The van der Waals surface area contributed by atoms with Crippen LogP contribution in [0.2, 0.25) is 0 Å². The predicted octanol–water partition coefficient (Wildman–Crippen LogP) is 8.16. The highest BCUT2D eigenvalue weighted by Gasteiger charge is 2.07. The Hall–Kier alpha value is -3.88. The Morgan fingerprint density at radius 3 is 2.03 bits per heavy atom. The van der Waals surface area contributed by atoms with Crippen LogP contribution >= 0.6 is 0 Å². The molecule has 4 aromatic rings. The number of rotatable bonds is 8. The molecule has 0 saturated heterocycles. The Labute approximate surface area is 208 Å². The van der Waals surface area contributed by atoms with E-state index in [4.69, 9.17) is 5.26 Å². The molecule has 0 aromatic heterocycles. The lowest BCUT2D eigenvalue weighted by Crippen LogP contribution is -1.94. The summed E-state index contributed by atoms with van der Waals surface area (Å²) >= 11 is 0. The second-order valence-corrected chi connectivity index (χ2v) is 9.05. The van der Waals surface area contributed by atoms with Crippen molar-refractivity contribution in [1.29, 1.82) is 5.26 Å². The van der Waals surface area contributed by atoms with Crippen LogP contribution in [0.5, 0.6) is 0 Å². The average Bonchev–Trinajstić information content (AvgIpc) is 2.90. The summed E-state index contributed by atoms with van der Waals surface area (Å²) in [5.74, 6) is 5.64. The largest absolute Gasteiger partial charge is 0.205 e. The molecule has 0 heterocycles. The Bertz CT molecular complexity index is 1380. The summed E-state index contributed by atoms with van der Waals surface area (Å²) in [4.78, 5) is 0. The molecule has 2 heteroatoms. The third-order valence-corrected chi connectivity index (χ3v) is 6.42. The molecule has 0 saturated carbocycles. The van der Waals surface area contributed by atoms with Crippen LogP contribution in [0.15, 0.2) is 78.9 Å². The van der Waals surface area contributed by atoms with Gasteiger partial charge in [0.1, 0.15) is 5.82 Å². The lowest BCUT2D eigenvalue weighted by atomic mass is 9.98. The zero-order chi connectivity index (χ0) is 24.5. The van der Waals surface area contributed by atoms with E-state index in [1.54, 1.807) is 30.3 Å². The van der Waals surface area contributed by atoms with E-state index in [1.807, 2.05) is 18.2 Å². The smallest absolute Gasteiger partial charge is 0.146 e. The highest BCUT2D eigenvalue weighted by atomic mass is 19.1. The molecule has 0 unspecified atom stereocenters. The Balaban J connectivity index is 1.40. The van der Waals surface area contributed by atoms with E-state index in [9.17, 15) is 0 Å². The van der Waals surface area contributed by atoms with Gasteiger partial charge in [-0.05, 0) is 78.1 Å². The van der Waals surface area contributed by atoms with Crippen LogP contribution in [-0.2, 0) is 19.3 Å². The van der Waals surface area contributed by atoms with Gasteiger partial charge in [0.05, 0.1) is 17.2 Å². The van der Waals surface area contributed by atoms with Crippen molar-refractivity contribution in [3.8, 4) is 17.9 Å². The summed E-state index contributed by atoms with van der Waals surface area (Å²) in [6, 6.07) is 27.7. The van der Waals surface area contributed by atoms with Gasteiger partial charge in [-0.3, -0.25) is 0 Å². The van der Waals surface area contributed by atoms with Crippen LogP contribution in [0, 0.1) is 29.0 Å². The molecule has 0 aliphatic heterocycles. The first kappa shape index (κ1) is 24.3. The van der Waals surface area contributed by atoms with Gasteiger partial charge in [0.15, 0.2) is 0 Å². The number of hydrogen-bond donors (Lipinski definition) is 0. The van der Waals surface area contributed by atoms with Crippen molar-refractivity contribution in [3.05, 3.63) is 118 Å². The van der Waals surface area contributed by atoms with Crippen LogP contribution in [0.4, 0.5) is 4.39 Å². The van der Waals surface area contributed by atoms with Gasteiger partial charge < -0.3 is 0 Å².